The molecule has 2 N–H and O–H groups in total. The summed E-state index contributed by atoms with van der Waals surface area (Å²) in [5.41, 5.74) is 6.74. The van der Waals surface area contributed by atoms with E-state index in [1.807, 2.05) is 0 Å². The van der Waals surface area contributed by atoms with Crippen LogP contribution < -0.4 is 10.5 Å². The number of esters is 1. The van der Waals surface area contributed by atoms with Gasteiger partial charge < -0.3 is 15.2 Å². The summed E-state index contributed by atoms with van der Waals surface area (Å²) in [6.45, 7) is 8.33. The number of anilines is 1. The Bertz CT molecular complexity index is 414. The Morgan fingerprint density at radius 3 is 2.44 bits per heavy atom. The maximum atomic E-state index is 11.7. The summed E-state index contributed by atoms with van der Waals surface area (Å²) in [6, 6.07) is 4.95. The molecule has 18 heavy (non-hydrogen) atoms. The smallest absolute Gasteiger partial charge is 0.338 e. The average Bonchev–Trinajstić information content (AvgIpc) is 2.26. The van der Waals surface area contributed by atoms with Crippen molar-refractivity contribution in [2.45, 2.75) is 33.8 Å². The third-order valence-corrected chi connectivity index (χ3v) is 2.16. The first kappa shape index (κ1) is 14.4. The van der Waals surface area contributed by atoms with E-state index in [4.69, 9.17) is 15.2 Å². The number of carbonyl (C=O) groups excluding carboxylic acids is 1. The first-order valence-corrected chi connectivity index (χ1v) is 6.13. The Kier molecular flexibility index (Phi) is 5.01. The molecule has 0 heterocycles. The summed E-state index contributed by atoms with van der Waals surface area (Å²) in [5.74, 6) is 0.659. The molecule has 0 amide bonds. The molecular weight excluding hydrogens is 230 g/mol. The summed E-state index contributed by atoms with van der Waals surface area (Å²) in [5, 5.41) is 0. The number of nitrogen functional groups attached to an aromatic ring is 1. The van der Waals surface area contributed by atoms with Crippen molar-refractivity contribution >= 4 is 11.7 Å². The van der Waals surface area contributed by atoms with E-state index >= 15 is 0 Å². The van der Waals surface area contributed by atoms with Gasteiger partial charge >= 0.3 is 5.97 Å². The molecule has 0 saturated heterocycles. The number of carbonyl (C=O) groups is 1. The van der Waals surface area contributed by atoms with Crippen molar-refractivity contribution in [3.63, 3.8) is 0 Å². The number of ether oxygens (including phenoxy) is 2. The Balaban J connectivity index is 2.75. The molecule has 1 aromatic carbocycles. The maximum Gasteiger partial charge on any atom is 0.338 e. The quantitative estimate of drug-likeness (QED) is 0.645. The lowest BCUT2D eigenvalue weighted by Crippen LogP contribution is -2.12. The molecule has 0 aliphatic rings. The van der Waals surface area contributed by atoms with Crippen LogP contribution in [0.3, 0.4) is 0 Å². The van der Waals surface area contributed by atoms with Crippen LogP contribution in [0.15, 0.2) is 18.2 Å². The van der Waals surface area contributed by atoms with Crippen LogP contribution in [0.5, 0.6) is 5.75 Å². The van der Waals surface area contributed by atoms with Crippen molar-refractivity contribution in [1.29, 1.82) is 0 Å². The van der Waals surface area contributed by atoms with Crippen molar-refractivity contribution in [2.24, 2.45) is 5.92 Å². The highest BCUT2D eigenvalue weighted by atomic mass is 16.5. The van der Waals surface area contributed by atoms with Gasteiger partial charge in [-0.2, -0.15) is 0 Å². The molecule has 1 aromatic rings. The van der Waals surface area contributed by atoms with E-state index in [0.717, 1.165) is 0 Å². The van der Waals surface area contributed by atoms with Gasteiger partial charge in [-0.3, -0.25) is 0 Å². The minimum atomic E-state index is -0.368. The van der Waals surface area contributed by atoms with E-state index in [1.165, 1.54) is 0 Å². The molecule has 0 bridgehead atoms. The zero-order valence-electron chi connectivity index (χ0n) is 11.4. The van der Waals surface area contributed by atoms with Crippen LogP contribution in [0.4, 0.5) is 5.69 Å². The topological polar surface area (TPSA) is 61.5 Å². The second-order valence-corrected chi connectivity index (χ2v) is 4.91. The third kappa shape index (κ3) is 4.28. The minimum Gasteiger partial charge on any atom is -0.491 e. The number of hydrogen-bond donors (Lipinski definition) is 1. The van der Waals surface area contributed by atoms with Gasteiger partial charge in [-0.15, -0.1) is 0 Å². The van der Waals surface area contributed by atoms with Crippen LogP contribution in [0.1, 0.15) is 38.1 Å². The standard InChI is InChI=1S/C14H21NO3/c1-9(2)8-17-13-6-5-11(7-12(13)15)14(16)18-10(3)4/h5-7,9-10H,8,15H2,1-4H3. The molecule has 0 spiro atoms. The molecule has 0 unspecified atom stereocenters. The Morgan fingerprint density at radius 2 is 1.94 bits per heavy atom. The highest BCUT2D eigenvalue weighted by molar-refractivity contribution is 5.91. The summed E-state index contributed by atoms with van der Waals surface area (Å²) >= 11 is 0. The third-order valence-electron chi connectivity index (χ3n) is 2.16. The molecule has 1 rings (SSSR count). The van der Waals surface area contributed by atoms with Gasteiger partial charge in [-0.05, 0) is 38.0 Å². The highest BCUT2D eigenvalue weighted by Crippen LogP contribution is 2.23. The summed E-state index contributed by atoms with van der Waals surface area (Å²) in [6.07, 6.45) is -0.143. The first-order valence-electron chi connectivity index (χ1n) is 6.13. The highest BCUT2D eigenvalue weighted by Gasteiger charge is 2.11. The van der Waals surface area contributed by atoms with Gasteiger partial charge in [-0.1, -0.05) is 13.8 Å². The van der Waals surface area contributed by atoms with Gasteiger partial charge in [-0.25, -0.2) is 4.79 Å². The molecule has 0 aliphatic carbocycles. The van der Waals surface area contributed by atoms with Crippen LogP contribution in [0.2, 0.25) is 0 Å². The van der Waals surface area contributed by atoms with Gasteiger partial charge in [0.05, 0.1) is 24.0 Å². The van der Waals surface area contributed by atoms with Gasteiger partial charge in [0.25, 0.3) is 0 Å². The van der Waals surface area contributed by atoms with Crippen molar-refractivity contribution in [3.8, 4) is 5.75 Å². The van der Waals surface area contributed by atoms with Gasteiger partial charge in [0.15, 0.2) is 0 Å². The molecule has 4 nitrogen and oxygen atoms in total. The fourth-order valence-corrected chi connectivity index (χ4v) is 1.35. The van der Waals surface area contributed by atoms with Crippen LogP contribution in [0.25, 0.3) is 0 Å². The van der Waals surface area contributed by atoms with Crippen molar-refractivity contribution in [3.05, 3.63) is 23.8 Å². The first-order chi connectivity index (χ1) is 8.40. The molecule has 0 saturated carbocycles. The Hall–Kier alpha value is -1.71. The number of rotatable bonds is 5. The Labute approximate surface area is 108 Å². The van der Waals surface area contributed by atoms with E-state index in [-0.39, 0.29) is 12.1 Å². The van der Waals surface area contributed by atoms with Crippen molar-refractivity contribution < 1.29 is 14.3 Å². The van der Waals surface area contributed by atoms with E-state index in [2.05, 4.69) is 13.8 Å². The lowest BCUT2D eigenvalue weighted by Gasteiger charge is -2.12. The van der Waals surface area contributed by atoms with Crippen LogP contribution in [-0.2, 0) is 4.74 Å². The molecule has 0 atom stereocenters. The predicted molar refractivity (Wildman–Crippen MR) is 71.7 cm³/mol. The van der Waals surface area contributed by atoms with Gasteiger partial charge in [0, 0.05) is 0 Å². The van der Waals surface area contributed by atoms with Crippen LogP contribution in [0, 0.1) is 5.92 Å². The Morgan fingerprint density at radius 1 is 1.28 bits per heavy atom. The molecule has 0 radical (unpaired) electrons. The molecule has 100 valence electrons. The predicted octanol–water partition coefficient (Wildman–Crippen LogP) is 2.87. The zero-order valence-corrected chi connectivity index (χ0v) is 11.4. The van der Waals surface area contributed by atoms with Crippen LogP contribution in [-0.4, -0.2) is 18.7 Å². The molecule has 4 heteroatoms. The number of hydrogen-bond acceptors (Lipinski definition) is 4. The normalized spacial score (nSPS) is 10.8. The zero-order chi connectivity index (χ0) is 13.7. The maximum absolute atomic E-state index is 11.7. The number of benzene rings is 1. The number of nitrogens with two attached hydrogens (primary N) is 1. The van der Waals surface area contributed by atoms with E-state index in [0.29, 0.717) is 29.5 Å². The molecule has 0 aromatic heterocycles. The molecule has 0 aliphatic heterocycles. The largest absolute Gasteiger partial charge is 0.491 e. The molecule has 0 fully saturated rings. The SMILES string of the molecule is CC(C)COc1ccc(C(=O)OC(C)C)cc1N. The lowest BCUT2D eigenvalue weighted by molar-refractivity contribution is 0.0378. The van der Waals surface area contributed by atoms with Crippen molar-refractivity contribution in [2.75, 3.05) is 12.3 Å². The van der Waals surface area contributed by atoms with E-state index in [1.54, 1.807) is 32.0 Å². The van der Waals surface area contributed by atoms with E-state index < -0.39 is 0 Å². The lowest BCUT2D eigenvalue weighted by atomic mass is 10.2. The second kappa shape index (κ2) is 6.28. The van der Waals surface area contributed by atoms with Gasteiger partial charge in [0.1, 0.15) is 5.75 Å². The van der Waals surface area contributed by atoms with Gasteiger partial charge in [0.2, 0.25) is 0 Å². The monoisotopic (exact) mass is 251 g/mol. The average molecular weight is 251 g/mol. The minimum absolute atomic E-state index is 0.143. The summed E-state index contributed by atoms with van der Waals surface area (Å²) in [7, 11) is 0. The second-order valence-electron chi connectivity index (χ2n) is 4.91. The van der Waals surface area contributed by atoms with E-state index in [9.17, 15) is 4.79 Å². The summed E-state index contributed by atoms with van der Waals surface area (Å²) in [4.78, 5) is 11.7. The fraction of sp³-hybridized carbons (Fsp3) is 0.500. The van der Waals surface area contributed by atoms with Crippen molar-refractivity contribution in [1.82, 2.24) is 0 Å². The molecular formula is C14H21NO3. The summed E-state index contributed by atoms with van der Waals surface area (Å²) < 4.78 is 10.6. The van der Waals surface area contributed by atoms with Crippen LogP contribution >= 0.6 is 0 Å². The fourth-order valence-electron chi connectivity index (χ4n) is 1.35.